The fourth-order valence-corrected chi connectivity index (χ4v) is 8.28. The predicted molar refractivity (Wildman–Crippen MR) is 245 cm³/mol. The lowest BCUT2D eigenvalue weighted by molar-refractivity contribution is -0.538. The monoisotopic (exact) mass is 769 g/mol. The fraction of sp³-hybridized carbons (Fsp3) is 0.300. The smallest absolute Gasteiger partial charge is 0.239 e. The molecule has 8 heteroatoms. The van der Waals surface area contributed by atoms with E-state index in [-0.39, 0.29) is 6.04 Å². The lowest BCUT2D eigenvalue weighted by Gasteiger charge is -2.39. The Morgan fingerprint density at radius 2 is 1.22 bits per heavy atom. The van der Waals surface area contributed by atoms with Crippen molar-refractivity contribution in [3.05, 3.63) is 136 Å². The van der Waals surface area contributed by atoms with E-state index >= 15 is 0 Å². The Hall–Kier alpha value is -6.15. The van der Waals surface area contributed by atoms with Crippen molar-refractivity contribution in [2.75, 3.05) is 34.8 Å². The maximum Gasteiger partial charge on any atom is 0.239 e. The highest BCUT2D eigenvalue weighted by atomic mass is 15.2. The predicted octanol–water partition coefficient (Wildman–Crippen LogP) is 10.9. The first-order valence-corrected chi connectivity index (χ1v) is 20.9. The summed E-state index contributed by atoms with van der Waals surface area (Å²) in [4.78, 5) is 12.6. The number of hydrogen-bond acceptors (Lipinski definition) is 7. The van der Waals surface area contributed by atoms with Gasteiger partial charge in [0.15, 0.2) is 0 Å². The van der Waals surface area contributed by atoms with Crippen LogP contribution in [-0.4, -0.2) is 29.8 Å². The number of aryl methyl sites for hydroxylation is 5. The molecule has 0 amide bonds. The Labute approximate surface area is 343 Å². The van der Waals surface area contributed by atoms with Gasteiger partial charge in [-0.1, -0.05) is 61.1 Å². The van der Waals surface area contributed by atoms with Crippen LogP contribution < -0.4 is 31.6 Å². The summed E-state index contributed by atoms with van der Waals surface area (Å²) in [6, 6.07) is 30.2. The third-order valence-corrected chi connectivity index (χ3v) is 11.8. The van der Waals surface area contributed by atoms with E-state index in [0.717, 1.165) is 105 Å². The van der Waals surface area contributed by atoms with Gasteiger partial charge in [0.2, 0.25) is 16.7 Å². The average Bonchev–Trinajstić information content (AvgIpc) is 3.19. The first-order valence-electron chi connectivity index (χ1n) is 20.9. The third-order valence-electron chi connectivity index (χ3n) is 11.8. The van der Waals surface area contributed by atoms with Gasteiger partial charge in [-0.3, -0.25) is 0 Å². The normalized spacial score (nSPS) is 14.8. The largest absolute Gasteiger partial charge is 0.398 e. The van der Waals surface area contributed by atoms with Gasteiger partial charge in [0.25, 0.3) is 0 Å². The Bertz CT molecular complexity index is 2600. The summed E-state index contributed by atoms with van der Waals surface area (Å²) in [6.07, 6.45) is 11.7. The molecule has 0 fully saturated rings. The summed E-state index contributed by atoms with van der Waals surface area (Å²) in [5.41, 5.74) is 33.0. The van der Waals surface area contributed by atoms with Crippen molar-refractivity contribution in [1.29, 1.82) is 0 Å². The summed E-state index contributed by atoms with van der Waals surface area (Å²) in [5.74, 6) is 0. The van der Waals surface area contributed by atoms with Crippen LogP contribution in [0.4, 0.5) is 34.1 Å². The summed E-state index contributed by atoms with van der Waals surface area (Å²) in [6.45, 7) is 14.6. The van der Waals surface area contributed by atoms with Crippen molar-refractivity contribution < 1.29 is 4.57 Å². The molecule has 1 unspecified atom stereocenters. The van der Waals surface area contributed by atoms with Crippen LogP contribution in [0.25, 0.3) is 27.8 Å². The summed E-state index contributed by atoms with van der Waals surface area (Å²) >= 11 is 0. The first-order chi connectivity index (χ1) is 28.0. The molecule has 8 rings (SSSR count). The van der Waals surface area contributed by atoms with Crippen molar-refractivity contribution >= 4 is 61.9 Å². The molecule has 5 aromatic carbocycles. The molecule has 2 aliphatic rings. The van der Waals surface area contributed by atoms with Crippen LogP contribution in [0.2, 0.25) is 0 Å². The Balaban J connectivity index is 0.850. The van der Waals surface area contributed by atoms with E-state index in [1.165, 1.54) is 53.6 Å². The highest BCUT2D eigenvalue weighted by Gasteiger charge is 2.32. The number of allylic oxidation sites excluding steroid dienone is 1. The molecule has 6 N–H and O–H groups in total. The van der Waals surface area contributed by atoms with E-state index < -0.39 is 0 Å². The van der Waals surface area contributed by atoms with Gasteiger partial charge in [0.1, 0.15) is 11.0 Å². The van der Waals surface area contributed by atoms with Gasteiger partial charge in [-0.15, -0.1) is 4.57 Å². The zero-order chi connectivity index (χ0) is 40.5. The van der Waals surface area contributed by atoms with Gasteiger partial charge in [-0.25, -0.2) is 9.98 Å². The van der Waals surface area contributed by atoms with Crippen LogP contribution in [0.1, 0.15) is 73.3 Å². The minimum absolute atomic E-state index is 0.00948. The van der Waals surface area contributed by atoms with Crippen LogP contribution >= 0.6 is 0 Å². The van der Waals surface area contributed by atoms with E-state index in [1.807, 2.05) is 13.8 Å². The van der Waals surface area contributed by atoms with Gasteiger partial charge in [0, 0.05) is 65.8 Å². The second-order valence-electron chi connectivity index (χ2n) is 16.4. The SMILES string of the molecule is CC1=CC2=Nc3cc(C)c(N)cc3N(c3ccc(C)cc3)C2C=C1NCCCCCCCCNc1cc2c(cc1C)nc1cc(C)c(N)cc1[n+]2-c1ccc(C)cc1. The fourth-order valence-electron chi connectivity index (χ4n) is 8.28. The number of anilines is 5. The van der Waals surface area contributed by atoms with Gasteiger partial charge >= 0.3 is 0 Å². The minimum atomic E-state index is -0.00948. The van der Waals surface area contributed by atoms with E-state index in [2.05, 4.69) is 145 Å². The summed E-state index contributed by atoms with van der Waals surface area (Å²) in [7, 11) is 0. The van der Waals surface area contributed by atoms with Crippen LogP contribution in [0.3, 0.4) is 0 Å². The molecule has 0 radical (unpaired) electrons. The number of nitrogen functional groups attached to an aromatic ring is 2. The molecule has 1 aliphatic carbocycles. The highest BCUT2D eigenvalue weighted by molar-refractivity contribution is 6.10. The molecule has 1 aliphatic heterocycles. The molecule has 296 valence electrons. The van der Waals surface area contributed by atoms with E-state index in [1.54, 1.807) is 0 Å². The van der Waals surface area contributed by atoms with Gasteiger partial charge in [-0.2, -0.15) is 0 Å². The lowest BCUT2D eigenvalue weighted by Crippen LogP contribution is -2.41. The van der Waals surface area contributed by atoms with Crippen LogP contribution in [-0.2, 0) is 0 Å². The highest BCUT2D eigenvalue weighted by Crippen LogP contribution is 2.44. The summed E-state index contributed by atoms with van der Waals surface area (Å²) in [5, 5.41) is 7.53. The Morgan fingerprint density at radius 3 is 1.93 bits per heavy atom. The van der Waals surface area contributed by atoms with Gasteiger partial charge in [0.05, 0.1) is 23.1 Å². The molecule has 0 spiro atoms. The first kappa shape index (κ1) is 38.7. The maximum absolute atomic E-state index is 6.43. The standard InChI is InChI=1S/C50H56N8/c1-31-13-17-37(18-14-31)57-47-27-39(51)33(3)23-43(47)55-45-25-35(5)41(29-49(45)57)53-21-11-9-7-8-10-12-22-54-42-30-50-46(26-36(42)6)56-44-24-34(4)40(52)28-48(44)58(50)38-19-15-32(2)16-20-38/h13-20,23-30,49,53H,7-12,21-22,51H2,1-6H3,(H2,52,54)/p+1. The minimum Gasteiger partial charge on any atom is -0.398 e. The van der Waals surface area contributed by atoms with E-state index in [4.69, 9.17) is 21.4 Å². The van der Waals surface area contributed by atoms with Crippen molar-refractivity contribution in [3.63, 3.8) is 0 Å². The number of hydrogen-bond donors (Lipinski definition) is 4. The number of nitrogens with zero attached hydrogens (tertiary/aromatic N) is 4. The van der Waals surface area contributed by atoms with Gasteiger partial charge in [-0.05, 0) is 125 Å². The number of benzene rings is 5. The molecule has 6 aromatic rings. The molecule has 2 heterocycles. The average molecular weight is 770 g/mol. The third kappa shape index (κ3) is 7.88. The van der Waals surface area contributed by atoms with Crippen molar-refractivity contribution in [1.82, 2.24) is 10.3 Å². The van der Waals surface area contributed by atoms with Crippen LogP contribution in [0.5, 0.6) is 0 Å². The molecule has 0 saturated carbocycles. The molecular formula is C50H57N8+. The number of aromatic nitrogens is 2. The maximum atomic E-state index is 6.43. The van der Waals surface area contributed by atoms with E-state index in [9.17, 15) is 0 Å². The summed E-state index contributed by atoms with van der Waals surface area (Å²) < 4.78 is 2.30. The molecule has 1 aromatic heterocycles. The molecular weight excluding hydrogens is 713 g/mol. The number of rotatable bonds is 13. The second kappa shape index (κ2) is 16.4. The number of nitrogens with two attached hydrogens (primary N) is 2. The zero-order valence-corrected chi connectivity index (χ0v) is 34.9. The van der Waals surface area contributed by atoms with Gasteiger partial charge < -0.3 is 27.0 Å². The van der Waals surface area contributed by atoms with Crippen molar-refractivity contribution in [2.45, 2.75) is 86.1 Å². The second-order valence-corrected chi connectivity index (χ2v) is 16.4. The number of fused-ring (bicyclic) bond motifs is 4. The molecule has 1 atom stereocenters. The number of nitrogens with one attached hydrogen (secondary N) is 2. The Morgan fingerprint density at radius 1 is 0.638 bits per heavy atom. The number of unbranched alkanes of at least 4 members (excludes halogenated alkanes) is 5. The van der Waals surface area contributed by atoms with Crippen molar-refractivity contribution in [3.8, 4) is 5.69 Å². The van der Waals surface area contributed by atoms with Crippen molar-refractivity contribution in [2.24, 2.45) is 4.99 Å². The number of aliphatic imine (C=N–C) groups is 1. The van der Waals surface area contributed by atoms with Crippen LogP contribution in [0, 0.1) is 34.6 Å². The Kier molecular flexibility index (Phi) is 10.9. The van der Waals surface area contributed by atoms with Crippen LogP contribution in [0.15, 0.2) is 113 Å². The molecule has 8 nitrogen and oxygen atoms in total. The molecule has 0 saturated heterocycles. The topological polar surface area (TPSA) is 108 Å². The molecule has 58 heavy (non-hydrogen) atoms. The van der Waals surface area contributed by atoms with E-state index in [0.29, 0.717) is 0 Å². The molecule has 0 bridgehead atoms. The quantitative estimate of drug-likeness (QED) is 0.0403. The lowest BCUT2D eigenvalue weighted by atomic mass is 9.93. The zero-order valence-electron chi connectivity index (χ0n) is 34.9.